The monoisotopic (exact) mass is 386 g/mol. The Labute approximate surface area is 162 Å². The van der Waals surface area contributed by atoms with Crippen molar-refractivity contribution in [3.05, 3.63) is 42.0 Å². The summed E-state index contributed by atoms with van der Waals surface area (Å²) in [4.78, 5) is 24.0. The lowest BCUT2D eigenvalue weighted by atomic mass is 10.1. The number of amides is 2. The molecule has 2 N–H and O–H groups in total. The van der Waals surface area contributed by atoms with Crippen molar-refractivity contribution in [2.75, 3.05) is 32.9 Å². The van der Waals surface area contributed by atoms with Gasteiger partial charge in [0.05, 0.1) is 14.2 Å². The van der Waals surface area contributed by atoms with E-state index in [1.165, 1.54) is 0 Å². The van der Waals surface area contributed by atoms with Gasteiger partial charge < -0.3 is 29.6 Å². The number of fused-ring (bicyclic) bond motifs is 1. The number of carbonyl (C=O) groups is 2. The normalized spacial score (nSPS) is 11.6. The number of nitrogens with one attached hydrogen (secondary N) is 2. The third-order valence-electron chi connectivity index (χ3n) is 4.16. The Bertz CT molecular complexity index is 868. The maximum Gasteiger partial charge on any atom is 0.233 e. The van der Waals surface area contributed by atoms with E-state index >= 15 is 0 Å². The highest BCUT2D eigenvalue weighted by Gasteiger charge is 2.15. The predicted molar refractivity (Wildman–Crippen MR) is 102 cm³/mol. The van der Waals surface area contributed by atoms with Gasteiger partial charge in [0.25, 0.3) is 0 Å². The lowest BCUT2D eigenvalue weighted by molar-refractivity contribution is -0.126. The van der Waals surface area contributed by atoms with Gasteiger partial charge in [0, 0.05) is 18.3 Å². The predicted octanol–water partition coefficient (Wildman–Crippen LogP) is 2.12. The summed E-state index contributed by atoms with van der Waals surface area (Å²) in [6.07, 6.45) is 0.344. The molecule has 148 valence electrons. The van der Waals surface area contributed by atoms with E-state index in [1.807, 2.05) is 18.2 Å². The van der Waals surface area contributed by atoms with Crippen LogP contribution in [0.25, 0.3) is 0 Å². The van der Waals surface area contributed by atoms with Crippen molar-refractivity contribution in [1.82, 2.24) is 5.32 Å². The van der Waals surface area contributed by atoms with E-state index in [0.717, 1.165) is 5.56 Å². The lowest BCUT2D eigenvalue weighted by Gasteiger charge is -2.10. The van der Waals surface area contributed by atoms with Crippen LogP contribution >= 0.6 is 0 Å². The van der Waals surface area contributed by atoms with Crippen LogP contribution in [0.4, 0.5) is 5.69 Å². The van der Waals surface area contributed by atoms with Gasteiger partial charge in [-0.05, 0) is 36.2 Å². The van der Waals surface area contributed by atoms with E-state index in [2.05, 4.69) is 10.6 Å². The molecule has 1 aliphatic rings. The Morgan fingerprint density at radius 1 is 0.964 bits per heavy atom. The molecule has 0 aromatic heterocycles. The molecule has 0 aliphatic carbocycles. The molecule has 1 heterocycles. The molecule has 0 atom stereocenters. The summed E-state index contributed by atoms with van der Waals surface area (Å²) in [6.45, 7) is 0.570. The molecule has 0 fully saturated rings. The molecule has 1 aliphatic heterocycles. The zero-order valence-corrected chi connectivity index (χ0v) is 15.7. The molecule has 0 radical (unpaired) electrons. The van der Waals surface area contributed by atoms with Crippen molar-refractivity contribution >= 4 is 17.5 Å². The maximum atomic E-state index is 12.0. The average Bonchev–Trinajstić information content (AvgIpc) is 3.15. The molecule has 8 heteroatoms. The average molecular weight is 386 g/mol. The maximum absolute atomic E-state index is 12.0. The van der Waals surface area contributed by atoms with Crippen LogP contribution in [0.5, 0.6) is 23.0 Å². The van der Waals surface area contributed by atoms with E-state index in [1.54, 1.807) is 32.4 Å². The number of methoxy groups -OCH3 is 2. The Kier molecular flexibility index (Phi) is 6.21. The lowest BCUT2D eigenvalue weighted by Crippen LogP contribution is -2.29. The number of hydrogen-bond acceptors (Lipinski definition) is 6. The van der Waals surface area contributed by atoms with Crippen LogP contribution in [0, 0.1) is 0 Å². The molecule has 0 saturated carbocycles. The second-order valence-electron chi connectivity index (χ2n) is 6.08. The van der Waals surface area contributed by atoms with Crippen molar-refractivity contribution in [3.8, 4) is 23.0 Å². The van der Waals surface area contributed by atoms with E-state index in [-0.39, 0.29) is 19.1 Å². The van der Waals surface area contributed by atoms with Crippen LogP contribution in [0.3, 0.4) is 0 Å². The number of hydrogen-bond donors (Lipinski definition) is 2. The summed E-state index contributed by atoms with van der Waals surface area (Å²) in [6, 6.07) is 10.6. The summed E-state index contributed by atoms with van der Waals surface area (Å²) in [7, 11) is 3.15. The highest BCUT2D eigenvalue weighted by molar-refractivity contribution is 6.03. The first-order valence-corrected chi connectivity index (χ1v) is 8.76. The fourth-order valence-electron chi connectivity index (χ4n) is 2.77. The van der Waals surface area contributed by atoms with Crippen LogP contribution in [0.15, 0.2) is 36.4 Å². The van der Waals surface area contributed by atoms with Crippen LogP contribution in [-0.2, 0) is 16.0 Å². The number of benzene rings is 2. The van der Waals surface area contributed by atoms with Crippen molar-refractivity contribution < 1.29 is 28.5 Å². The second kappa shape index (κ2) is 8.98. The molecule has 0 unspecified atom stereocenters. The van der Waals surface area contributed by atoms with Crippen LogP contribution in [0.2, 0.25) is 0 Å². The first kappa shape index (κ1) is 19.3. The summed E-state index contributed by atoms with van der Waals surface area (Å²) in [5, 5.41) is 5.41. The van der Waals surface area contributed by atoms with E-state index in [9.17, 15) is 9.59 Å². The third-order valence-corrected chi connectivity index (χ3v) is 4.16. The van der Waals surface area contributed by atoms with Gasteiger partial charge in [0.1, 0.15) is 6.42 Å². The van der Waals surface area contributed by atoms with Gasteiger partial charge in [0.2, 0.25) is 18.6 Å². The summed E-state index contributed by atoms with van der Waals surface area (Å²) in [5.41, 5.74) is 1.54. The van der Waals surface area contributed by atoms with E-state index in [0.29, 0.717) is 41.7 Å². The quantitative estimate of drug-likeness (QED) is 0.675. The molecule has 0 bridgehead atoms. The van der Waals surface area contributed by atoms with Gasteiger partial charge in [-0.25, -0.2) is 0 Å². The molecule has 0 spiro atoms. The van der Waals surface area contributed by atoms with Crippen LogP contribution < -0.4 is 29.6 Å². The van der Waals surface area contributed by atoms with Gasteiger partial charge >= 0.3 is 0 Å². The van der Waals surface area contributed by atoms with E-state index in [4.69, 9.17) is 18.9 Å². The zero-order valence-electron chi connectivity index (χ0n) is 15.7. The van der Waals surface area contributed by atoms with Gasteiger partial charge in [-0.3, -0.25) is 9.59 Å². The molecule has 0 saturated heterocycles. The van der Waals surface area contributed by atoms with Crippen LogP contribution in [-0.4, -0.2) is 39.4 Å². The molecule has 2 amide bonds. The number of rotatable bonds is 8. The summed E-state index contributed by atoms with van der Waals surface area (Å²) >= 11 is 0. The molecular weight excluding hydrogens is 364 g/mol. The van der Waals surface area contributed by atoms with Gasteiger partial charge in [-0.15, -0.1) is 0 Å². The van der Waals surface area contributed by atoms with Crippen LogP contribution in [0.1, 0.15) is 12.0 Å². The minimum atomic E-state index is -0.400. The molecule has 2 aromatic carbocycles. The first-order valence-electron chi connectivity index (χ1n) is 8.76. The minimum absolute atomic E-state index is 0.162. The Morgan fingerprint density at radius 3 is 2.54 bits per heavy atom. The topological polar surface area (TPSA) is 95.1 Å². The fraction of sp³-hybridized carbons (Fsp3) is 0.300. The standard InChI is InChI=1S/C20H22N2O6/c1-25-15-5-3-13(9-17(15)26-2)7-8-21-19(23)11-20(24)22-14-4-6-16-18(10-14)28-12-27-16/h3-6,9-10H,7-8,11-12H2,1-2H3,(H,21,23)(H,22,24). The largest absolute Gasteiger partial charge is 0.493 e. The highest BCUT2D eigenvalue weighted by atomic mass is 16.7. The molecular formula is C20H22N2O6. The number of anilines is 1. The molecule has 3 rings (SSSR count). The Morgan fingerprint density at radius 2 is 1.75 bits per heavy atom. The smallest absolute Gasteiger partial charge is 0.233 e. The van der Waals surface area contributed by atoms with Gasteiger partial charge in [-0.1, -0.05) is 6.07 Å². The van der Waals surface area contributed by atoms with E-state index < -0.39 is 5.91 Å². The number of ether oxygens (including phenoxy) is 4. The number of carbonyl (C=O) groups excluding carboxylic acids is 2. The van der Waals surface area contributed by atoms with Gasteiger partial charge in [0.15, 0.2) is 23.0 Å². The first-order chi connectivity index (χ1) is 13.6. The Balaban J connectivity index is 1.43. The van der Waals surface area contributed by atoms with Crippen molar-refractivity contribution in [2.24, 2.45) is 0 Å². The summed E-state index contributed by atoms with van der Waals surface area (Å²) < 4.78 is 20.9. The molecule has 2 aromatic rings. The summed E-state index contributed by atoms with van der Waals surface area (Å²) in [5.74, 6) is 1.73. The molecule has 28 heavy (non-hydrogen) atoms. The van der Waals surface area contributed by atoms with Gasteiger partial charge in [-0.2, -0.15) is 0 Å². The minimum Gasteiger partial charge on any atom is -0.493 e. The zero-order chi connectivity index (χ0) is 19.9. The fourth-order valence-corrected chi connectivity index (χ4v) is 2.77. The third kappa shape index (κ3) is 4.85. The van der Waals surface area contributed by atoms with Crippen molar-refractivity contribution in [3.63, 3.8) is 0 Å². The second-order valence-corrected chi connectivity index (χ2v) is 6.08. The van der Waals surface area contributed by atoms with Crippen molar-refractivity contribution in [2.45, 2.75) is 12.8 Å². The van der Waals surface area contributed by atoms with Crippen molar-refractivity contribution in [1.29, 1.82) is 0 Å². The SMILES string of the molecule is COc1ccc(CCNC(=O)CC(=O)Nc2ccc3c(c2)OCO3)cc1OC. The highest BCUT2D eigenvalue weighted by Crippen LogP contribution is 2.34. The Hall–Kier alpha value is -3.42. The molecule has 8 nitrogen and oxygen atoms in total.